The van der Waals surface area contributed by atoms with E-state index in [0.29, 0.717) is 0 Å². The van der Waals surface area contributed by atoms with Crippen molar-refractivity contribution in [3.05, 3.63) is 58.0 Å². The van der Waals surface area contributed by atoms with E-state index in [-0.39, 0.29) is 11.3 Å². The van der Waals surface area contributed by atoms with Gasteiger partial charge in [0.2, 0.25) is 0 Å². The molecule has 1 aromatic heterocycles. The molecule has 0 N–H and O–H groups in total. The van der Waals surface area contributed by atoms with Crippen LogP contribution < -0.4 is 0 Å². The van der Waals surface area contributed by atoms with Gasteiger partial charge in [0.1, 0.15) is 0 Å². The lowest BCUT2D eigenvalue weighted by atomic mass is 9.93. The van der Waals surface area contributed by atoms with E-state index in [1.165, 1.54) is 3.57 Å². The van der Waals surface area contributed by atoms with Gasteiger partial charge in [0.15, 0.2) is 5.76 Å². The molecule has 1 aliphatic carbocycles. The number of hydrogen-bond acceptors (Lipinski definition) is 2. The van der Waals surface area contributed by atoms with Gasteiger partial charge in [0, 0.05) is 14.7 Å². The van der Waals surface area contributed by atoms with Gasteiger partial charge in [-0.1, -0.05) is 42.4 Å². The Morgan fingerprint density at radius 1 is 1.35 bits per heavy atom. The van der Waals surface area contributed by atoms with Gasteiger partial charge in [-0.05, 0) is 46.2 Å². The van der Waals surface area contributed by atoms with Crippen molar-refractivity contribution in [1.29, 1.82) is 0 Å². The molecule has 2 atom stereocenters. The van der Waals surface area contributed by atoms with Crippen molar-refractivity contribution >= 4 is 39.8 Å². The Hall–Kier alpha value is -1.07. The normalized spacial score (nSPS) is 21.9. The molecule has 20 heavy (non-hydrogen) atoms. The van der Waals surface area contributed by atoms with Crippen molar-refractivity contribution in [2.75, 3.05) is 0 Å². The first kappa shape index (κ1) is 13.9. The molecule has 0 fully saturated rings. The van der Waals surface area contributed by atoms with Gasteiger partial charge in [-0.3, -0.25) is 0 Å². The fourth-order valence-corrected chi connectivity index (χ4v) is 2.95. The van der Waals surface area contributed by atoms with Crippen LogP contribution in [0.4, 0.5) is 0 Å². The maximum absolute atomic E-state index is 6.19. The lowest BCUT2D eigenvalue weighted by Crippen LogP contribution is -2.09. The first-order valence-electron chi connectivity index (χ1n) is 6.40. The van der Waals surface area contributed by atoms with Gasteiger partial charge in [0.25, 0.3) is 0 Å². The Morgan fingerprint density at radius 2 is 2.20 bits per heavy atom. The van der Waals surface area contributed by atoms with Crippen LogP contribution in [0.15, 0.2) is 53.2 Å². The highest BCUT2D eigenvalue weighted by atomic mass is 127. The van der Waals surface area contributed by atoms with Crippen molar-refractivity contribution in [2.45, 2.75) is 12.3 Å². The molecule has 0 bridgehead atoms. The largest absolute Gasteiger partial charge is 0.356 e. The maximum atomic E-state index is 6.19. The quantitative estimate of drug-likeness (QED) is 0.518. The zero-order valence-electron chi connectivity index (χ0n) is 10.9. The highest BCUT2D eigenvalue weighted by Gasteiger charge is 2.20. The van der Waals surface area contributed by atoms with E-state index >= 15 is 0 Å². The molecule has 4 heteroatoms. The zero-order valence-corrected chi connectivity index (χ0v) is 13.8. The molecule has 0 saturated heterocycles. The van der Waals surface area contributed by atoms with Crippen LogP contribution >= 0.6 is 34.2 Å². The number of allylic oxidation sites excluding steroid dienone is 4. The molecule has 1 aromatic carbocycles. The third-order valence-corrected chi connectivity index (χ3v) is 4.59. The third kappa shape index (κ3) is 2.69. The summed E-state index contributed by atoms with van der Waals surface area (Å²) in [6.07, 6.45) is 7.92. The van der Waals surface area contributed by atoms with Gasteiger partial charge in [-0.15, -0.1) is 11.6 Å². The van der Waals surface area contributed by atoms with E-state index in [9.17, 15) is 0 Å². The Morgan fingerprint density at radius 3 is 2.95 bits per heavy atom. The summed E-state index contributed by atoms with van der Waals surface area (Å²) in [5, 5.41) is 4.01. The number of aromatic nitrogens is 1. The number of benzene rings is 1. The predicted molar refractivity (Wildman–Crippen MR) is 90.6 cm³/mol. The Balaban J connectivity index is 2.04. The average Bonchev–Trinajstić information content (AvgIpc) is 2.91. The second-order valence-electron chi connectivity index (χ2n) is 4.86. The van der Waals surface area contributed by atoms with Gasteiger partial charge in [-0.25, -0.2) is 0 Å². The molecule has 0 aliphatic heterocycles. The summed E-state index contributed by atoms with van der Waals surface area (Å²) < 4.78 is 6.66. The Kier molecular flexibility index (Phi) is 3.98. The van der Waals surface area contributed by atoms with Crippen LogP contribution in [0.2, 0.25) is 0 Å². The molecule has 2 aromatic rings. The van der Waals surface area contributed by atoms with Crippen molar-refractivity contribution in [2.24, 2.45) is 5.92 Å². The average molecular weight is 398 g/mol. The number of alkyl halides is 1. The van der Waals surface area contributed by atoms with E-state index in [0.717, 1.165) is 22.5 Å². The summed E-state index contributed by atoms with van der Waals surface area (Å²) >= 11 is 8.50. The minimum atomic E-state index is 0.0443. The molecule has 102 valence electrons. The molecule has 1 heterocycles. The van der Waals surface area contributed by atoms with E-state index in [2.05, 4.69) is 58.9 Å². The lowest BCUT2D eigenvalue weighted by Gasteiger charge is -2.16. The van der Waals surface area contributed by atoms with Crippen LogP contribution in [-0.4, -0.2) is 10.5 Å². The summed E-state index contributed by atoms with van der Waals surface area (Å²) in [4.78, 5) is 0. The number of halogens is 2. The van der Waals surface area contributed by atoms with Gasteiger partial charge in [-0.2, -0.15) is 0 Å². The molecular formula is C16H13ClINO. The van der Waals surface area contributed by atoms with Crippen molar-refractivity contribution in [3.8, 4) is 11.1 Å². The van der Waals surface area contributed by atoms with E-state index in [4.69, 9.17) is 16.1 Å². The number of rotatable bonds is 2. The number of nitrogens with zero attached hydrogens (tertiary/aromatic N) is 1. The summed E-state index contributed by atoms with van der Waals surface area (Å²) in [7, 11) is 0. The summed E-state index contributed by atoms with van der Waals surface area (Å²) in [5.41, 5.74) is 3.17. The standard InChI is InChI=1S/C16H13ClINO/c1-10-7-12(5-6-15(10)17)16-14(9-19-20-16)11-3-2-4-13(18)8-11/h2-10,15H,1H3. The molecule has 0 spiro atoms. The Bertz CT molecular complexity index is 689. The van der Waals surface area contributed by atoms with Gasteiger partial charge >= 0.3 is 0 Å². The second kappa shape index (κ2) is 5.74. The van der Waals surface area contributed by atoms with Gasteiger partial charge in [0.05, 0.1) is 11.6 Å². The van der Waals surface area contributed by atoms with Crippen molar-refractivity contribution in [1.82, 2.24) is 5.16 Å². The van der Waals surface area contributed by atoms with E-state index < -0.39 is 0 Å². The van der Waals surface area contributed by atoms with Crippen LogP contribution in [0, 0.1) is 9.49 Å². The summed E-state index contributed by atoms with van der Waals surface area (Å²) in [5.74, 6) is 1.09. The molecule has 2 unspecified atom stereocenters. The maximum Gasteiger partial charge on any atom is 0.174 e. The zero-order chi connectivity index (χ0) is 14.1. The Labute approximate surface area is 136 Å². The van der Waals surface area contributed by atoms with E-state index in [1.54, 1.807) is 6.20 Å². The minimum absolute atomic E-state index is 0.0443. The molecular weight excluding hydrogens is 385 g/mol. The number of hydrogen-bond donors (Lipinski definition) is 0. The highest BCUT2D eigenvalue weighted by molar-refractivity contribution is 14.1. The topological polar surface area (TPSA) is 26.0 Å². The lowest BCUT2D eigenvalue weighted by molar-refractivity contribution is 0.410. The summed E-state index contributed by atoms with van der Waals surface area (Å²) in [6, 6.07) is 8.30. The highest BCUT2D eigenvalue weighted by Crippen LogP contribution is 2.34. The van der Waals surface area contributed by atoms with Gasteiger partial charge < -0.3 is 4.52 Å². The van der Waals surface area contributed by atoms with Crippen molar-refractivity contribution < 1.29 is 4.52 Å². The predicted octanol–water partition coefficient (Wildman–Crippen LogP) is 5.14. The first-order valence-corrected chi connectivity index (χ1v) is 7.92. The molecule has 0 amide bonds. The second-order valence-corrected chi connectivity index (χ2v) is 6.61. The van der Waals surface area contributed by atoms with E-state index in [1.807, 2.05) is 18.2 Å². The van der Waals surface area contributed by atoms with Crippen LogP contribution in [0.1, 0.15) is 12.7 Å². The summed E-state index contributed by atoms with van der Waals surface area (Å²) in [6.45, 7) is 2.10. The van der Waals surface area contributed by atoms with Crippen LogP contribution in [0.25, 0.3) is 16.7 Å². The molecule has 1 aliphatic rings. The SMILES string of the molecule is CC1C=C(c2oncc2-c2cccc(I)c2)C=CC1Cl. The fourth-order valence-electron chi connectivity index (χ4n) is 2.26. The molecule has 0 saturated carbocycles. The molecule has 3 rings (SSSR count). The first-order chi connectivity index (χ1) is 9.65. The van der Waals surface area contributed by atoms with Crippen LogP contribution in [0.5, 0.6) is 0 Å². The smallest absolute Gasteiger partial charge is 0.174 e. The van der Waals surface area contributed by atoms with Crippen molar-refractivity contribution in [3.63, 3.8) is 0 Å². The molecule has 0 radical (unpaired) electrons. The van der Waals surface area contributed by atoms with Crippen LogP contribution in [0.3, 0.4) is 0 Å². The third-order valence-electron chi connectivity index (χ3n) is 3.37. The fraction of sp³-hybridized carbons (Fsp3) is 0.188. The monoisotopic (exact) mass is 397 g/mol. The minimum Gasteiger partial charge on any atom is -0.356 e. The molecule has 2 nitrogen and oxygen atoms in total. The van der Waals surface area contributed by atoms with Crippen LogP contribution in [-0.2, 0) is 0 Å².